The molecule has 0 saturated carbocycles. The summed E-state index contributed by atoms with van der Waals surface area (Å²) in [5.41, 5.74) is 5.38. The second-order valence-electron chi connectivity index (χ2n) is 3.99. The van der Waals surface area contributed by atoms with Gasteiger partial charge < -0.3 is 15.1 Å². The van der Waals surface area contributed by atoms with Gasteiger partial charge in [0, 0.05) is 0 Å². The average Bonchev–Trinajstić information content (AvgIpc) is 2.81. The predicted octanol–water partition coefficient (Wildman–Crippen LogP) is -0.775. The SMILES string of the molecule is CC1C(=O)NC(=O)CN1C(=O)c1ccc(CN)o1. The number of nitrogens with zero attached hydrogens (tertiary/aromatic N) is 1. The number of hydrogen-bond acceptors (Lipinski definition) is 5. The molecule has 0 aromatic carbocycles. The highest BCUT2D eigenvalue weighted by atomic mass is 16.4. The minimum absolute atomic E-state index is 0.0739. The van der Waals surface area contributed by atoms with Crippen molar-refractivity contribution in [3.63, 3.8) is 0 Å². The first-order valence-corrected chi connectivity index (χ1v) is 5.46. The van der Waals surface area contributed by atoms with Crippen molar-refractivity contribution in [1.29, 1.82) is 0 Å². The lowest BCUT2D eigenvalue weighted by Crippen LogP contribution is -2.58. The van der Waals surface area contributed by atoms with E-state index in [4.69, 9.17) is 10.2 Å². The first-order chi connectivity index (χ1) is 8.52. The molecule has 96 valence electrons. The fourth-order valence-corrected chi connectivity index (χ4v) is 1.71. The van der Waals surface area contributed by atoms with Gasteiger partial charge in [0.15, 0.2) is 5.76 Å². The van der Waals surface area contributed by atoms with E-state index in [2.05, 4.69) is 5.32 Å². The Labute approximate surface area is 103 Å². The zero-order valence-corrected chi connectivity index (χ0v) is 9.80. The molecule has 18 heavy (non-hydrogen) atoms. The van der Waals surface area contributed by atoms with Crippen molar-refractivity contribution in [2.45, 2.75) is 19.5 Å². The summed E-state index contributed by atoms with van der Waals surface area (Å²) in [5, 5.41) is 2.16. The largest absolute Gasteiger partial charge is 0.455 e. The van der Waals surface area contributed by atoms with E-state index in [1.807, 2.05) is 0 Å². The number of amides is 3. The fraction of sp³-hybridized carbons (Fsp3) is 0.364. The van der Waals surface area contributed by atoms with E-state index in [0.717, 1.165) is 0 Å². The van der Waals surface area contributed by atoms with Crippen LogP contribution in [0.2, 0.25) is 0 Å². The zero-order valence-electron chi connectivity index (χ0n) is 9.80. The van der Waals surface area contributed by atoms with E-state index in [1.54, 1.807) is 13.0 Å². The first-order valence-electron chi connectivity index (χ1n) is 5.46. The van der Waals surface area contributed by atoms with Crippen molar-refractivity contribution in [1.82, 2.24) is 10.2 Å². The Morgan fingerprint density at radius 2 is 2.28 bits per heavy atom. The van der Waals surface area contributed by atoms with E-state index in [0.29, 0.717) is 5.76 Å². The third-order valence-electron chi connectivity index (χ3n) is 2.76. The van der Waals surface area contributed by atoms with Crippen molar-refractivity contribution in [2.75, 3.05) is 6.54 Å². The number of carbonyl (C=O) groups excluding carboxylic acids is 3. The van der Waals surface area contributed by atoms with Gasteiger partial charge in [0.05, 0.1) is 6.54 Å². The number of nitrogens with one attached hydrogen (secondary N) is 1. The topological polar surface area (TPSA) is 106 Å². The maximum absolute atomic E-state index is 12.1. The molecule has 0 spiro atoms. The van der Waals surface area contributed by atoms with Crippen LogP contribution in [-0.4, -0.2) is 35.2 Å². The van der Waals surface area contributed by atoms with Gasteiger partial charge >= 0.3 is 0 Å². The molecule has 1 fully saturated rings. The summed E-state index contributed by atoms with van der Waals surface area (Å²) in [5.74, 6) is -0.948. The zero-order chi connectivity index (χ0) is 13.3. The summed E-state index contributed by atoms with van der Waals surface area (Å²) in [6, 6.07) is 2.36. The highest BCUT2D eigenvalue weighted by Crippen LogP contribution is 2.14. The minimum Gasteiger partial charge on any atom is -0.455 e. The Hall–Kier alpha value is -2.15. The van der Waals surface area contributed by atoms with Crippen LogP contribution in [0, 0.1) is 0 Å². The molecule has 7 nitrogen and oxygen atoms in total. The van der Waals surface area contributed by atoms with E-state index in [1.165, 1.54) is 11.0 Å². The van der Waals surface area contributed by atoms with E-state index >= 15 is 0 Å². The number of imide groups is 1. The van der Waals surface area contributed by atoms with Gasteiger partial charge in [-0.1, -0.05) is 0 Å². The van der Waals surface area contributed by atoms with Crippen LogP contribution in [0.5, 0.6) is 0 Å². The fourth-order valence-electron chi connectivity index (χ4n) is 1.71. The van der Waals surface area contributed by atoms with Gasteiger partial charge in [0.1, 0.15) is 18.3 Å². The van der Waals surface area contributed by atoms with Crippen molar-refractivity contribution >= 4 is 17.7 Å². The maximum atomic E-state index is 12.1. The monoisotopic (exact) mass is 251 g/mol. The summed E-state index contributed by atoms with van der Waals surface area (Å²) >= 11 is 0. The Balaban J connectivity index is 2.21. The van der Waals surface area contributed by atoms with Gasteiger partial charge in [-0.2, -0.15) is 0 Å². The van der Waals surface area contributed by atoms with Crippen molar-refractivity contribution in [2.24, 2.45) is 5.73 Å². The Morgan fingerprint density at radius 3 is 2.89 bits per heavy atom. The van der Waals surface area contributed by atoms with Crippen molar-refractivity contribution in [3.8, 4) is 0 Å². The molecule has 1 saturated heterocycles. The molecule has 7 heteroatoms. The summed E-state index contributed by atoms with van der Waals surface area (Å²) in [6.45, 7) is 1.57. The number of furan rings is 1. The molecule has 1 aliphatic heterocycles. The van der Waals surface area contributed by atoms with Crippen LogP contribution in [0.1, 0.15) is 23.2 Å². The molecular formula is C11H13N3O4. The van der Waals surface area contributed by atoms with Crippen LogP contribution in [0.25, 0.3) is 0 Å². The van der Waals surface area contributed by atoms with Crippen LogP contribution in [-0.2, 0) is 16.1 Å². The van der Waals surface area contributed by atoms with Crippen molar-refractivity contribution in [3.05, 3.63) is 23.7 Å². The maximum Gasteiger partial charge on any atom is 0.290 e. The number of hydrogen-bond donors (Lipinski definition) is 2. The van der Waals surface area contributed by atoms with Gasteiger partial charge in [0.25, 0.3) is 5.91 Å². The molecule has 1 atom stereocenters. The number of rotatable bonds is 2. The normalized spacial score (nSPS) is 19.9. The van der Waals surface area contributed by atoms with Gasteiger partial charge in [-0.3, -0.25) is 19.7 Å². The van der Waals surface area contributed by atoms with Gasteiger partial charge in [-0.05, 0) is 19.1 Å². The van der Waals surface area contributed by atoms with E-state index < -0.39 is 23.8 Å². The van der Waals surface area contributed by atoms with Gasteiger partial charge in [-0.25, -0.2) is 0 Å². The highest BCUT2D eigenvalue weighted by Gasteiger charge is 2.35. The molecular weight excluding hydrogens is 238 g/mol. The third-order valence-corrected chi connectivity index (χ3v) is 2.76. The Morgan fingerprint density at radius 1 is 1.56 bits per heavy atom. The molecule has 1 unspecified atom stereocenters. The molecule has 0 radical (unpaired) electrons. The van der Waals surface area contributed by atoms with Gasteiger partial charge in [0.2, 0.25) is 11.8 Å². The lowest BCUT2D eigenvalue weighted by molar-refractivity contribution is -0.138. The molecule has 0 bridgehead atoms. The standard InChI is InChI=1S/C11H13N3O4/c1-6-10(16)13-9(15)5-14(6)11(17)8-3-2-7(4-12)18-8/h2-3,6H,4-5,12H2,1H3,(H,13,15,16). The quantitative estimate of drug-likeness (QED) is 0.671. The van der Waals surface area contributed by atoms with Crippen LogP contribution in [0.4, 0.5) is 0 Å². The van der Waals surface area contributed by atoms with E-state index in [9.17, 15) is 14.4 Å². The van der Waals surface area contributed by atoms with E-state index in [-0.39, 0.29) is 18.8 Å². The van der Waals surface area contributed by atoms with Crippen LogP contribution in [0.3, 0.4) is 0 Å². The lowest BCUT2D eigenvalue weighted by Gasteiger charge is -2.30. The van der Waals surface area contributed by atoms with Crippen LogP contribution < -0.4 is 11.1 Å². The number of carbonyl (C=O) groups is 3. The smallest absolute Gasteiger partial charge is 0.290 e. The molecule has 2 heterocycles. The lowest BCUT2D eigenvalue weighted by atomic mass is 10.2. The number of piperazine rings is 1. The van der Waals surface area contributed by atoms with Crippen LogP contribution >= 0.6 is 0 Å². The average molecular weight is 251 g/mol. The first kappa shape index (κ1) is 12.3. The summed E-state index contributed by atoms with van der Waals surface area (Å²) in [7, 11) is 0. The molecule has 1 aliphatic rings. The molecule has 1 aromatic heterocycles. The summed E-state index contributed by atoms with van der Waals surface area (Å²) in [4.78, 5) is 35.9. The second kappa shape index (κ2) is 4.61. The van der Waals surface area contributed by atoms with Crippen molar-refractivity contribution < 1.29 is 18.8 Å². The second-order valence-corrected chi connectivity index (χ2v) is 3.99. The summed E-state index contributed by atoms with van der Waals surface area (Å²) in [6.07, 6.45) is 0. The predicted molar refractivity (Wildman–Crippen MR) is 60.2 cm³/mol. The van der Waals surface area contributed by atoms with Crippen LogP contribution in [0.15, 0.2) is 16.5 Å². The number of nitrogens with two attached hydrogens (primary N) is 1. The molecule has 3 N–H and O–H groups in total. The third kappa shape index (κ3) is 2.12. The highest BCUT2D eigenvalue weighted by molar-refractivity contribution is 6.06. The van der Waals surface area contributed by atoms with Gasteiger partial charge in [-0.15, -0.1) is 0 Å². The molecule has 1 aromatic rings. The molecule has 3 amide bonds. The Kier molecular flexibility index (Phi) is 3.15. The molecule has 2 rings (SSSR count). The summed E-state index contributed by atoms with van der Waals surface area (Å²) < 4.78 is 5.21. The minimum atomic E-state index is -0.707. The molecule has 0 aliphatic carbocycles. The Bertz CT molecular complexity index is 508.